The van der Waals surface area contributed by atoms with Gasteiger partial charge in [-0.05, 0) is 6.07 Å². The van der Waals surface area contributed by atoms with E-state index in [0.29, 0.717) is 17.1 Å². The molecule has 7 nitrogen and oxygen atoms in total. The summed E-state index contributed by atoms with van der Waals surface area (Å²) in [5.41, 5.74) is 2.03. The van der Waals surface area contributed by atoms with Crippen molar-refractivity contribution in [1.29, 1.82) is 5.41 Å². The van der Waals surface area contributed by atoms with E-state index >= 15 is 0 Å². The lowest BCUT2D eigenvalue weighted by Gasteiger charge is -2.13. The van der Waals surface area contributed by atoms with Gasteiger partial charge in [-0.3, -0.25) is 14.8 Å². The molecule has 3 N–H and O–H groups in total. The molecule has 120 valence electrons. The van der Waals surface area contributed by atoms with Crippen LogP contribution >= 0.6 is 0 Å². The third-order valence-corrected chi connectivity index (χ3v) is 3.22. The van der Waals surface area contributed by atoms with E-state index in [1.165, 1.54) is 26.6 Å². The lowest BCUT2D eigenvalue weighted by Crippen LogP contribution is -2.28. The molecule has 0 spiro atoms. The Balaban J connectivity index is 2.79. The quantitative estimate of drug-likeness (QED) is 0.382. The van der Waals surface area contributed by atoms with Gasteiger partial charge >= 0.3 is 0 Å². The highest BCUT2D eigenvalue weighted by Gasteiger charge is 2.21. The SMILES string of the molecule is COc1ccc(CC(=N)C(=O)C(C)CC(=O)NO)c(OC)c1. The number of ketones is 1. The Morgan fingerprint density at radius 1 is 1.32 bits per heavy atom. The van der Waals surface area contributed by atoms with Gasteiger partial charge in [0.1, 0.15) is 11.5 Å². The monoisotopic (exact) mass is 308 g/mol. The molecule has 0 heterocycles. The summed E-state index contributed by atoms with van der Waals surface area (Å²) in [5, 5.41) is 16.4. The second-order valence-corrected chi connectivity index (χ2v) is 4.84. The maximum atomic E-state index is 12.1. The van der Waals surface area contributed by atoms with Crippen LogP contribution in [-0.4, -0.2) is 36.8 Å². The summed E-state index contributed by atoms with van der Waals surface area (Å²) in [5.74, 6) is -0.634. The molecule has 1 amide bonds. The fourth-order valence-corrected chi connectivity index (χ4v) is 1.99. The highest BCUT2D eigenvalue weighted by molar-refractivity contribution is 6.40. The average Bonchev–Trinajstić information content (AvgIpc) is 2.53. The number of hydrogen-bond acceptors (Lipinski definition) is 6. The van der Waals surface area contributed by atoms with Crippen LogP contribution in [0, 0.1) is 11.3 Å². The molecule has 1 rings (SSSR count). The van der Waals surface area contributed by atoms with E-state index in [1.54, 1.807) is 18.2 Å². The maximum Gasteiger partial charge on any atom is 0.244 e. The van der Waals surface area contributed by atoms with Gasteiger partial charge in [-0.25, -0.2) is 5.48 Å². The van der Waals surface area contributed by atoms with Crippen molar-refractivity contribution in [2.24, 2.45) is 5.92 Å². The number of hydrogen-bond donors (Lipinski definition) is 3. The van der Waals surface area contributed by atoms with Crippen LogP contribution in [-0.2, 0) is 16.0 Å². The summed E-state index contributed by atoms with van der Waals surface area (Å²) in [6, 6.07) is 5.12. The molecule has 22 heavy (non-hydrogen) atoms. The number of Topliss-reactive ketones (excluding diaryl/α,β-unsaturated/α-hetero) is 1. The van der Waals surface area contributed by atoms with E-state index in [-0.39, 0.29) is 18.6 Å². The van der Waals surface area contributed by atoms with E-state index in [2.05, 4.69) is 0 Å². The van der Waals surface area contributed by atoms with Gasteiger partial charge in [0.2, 0.25) is 5.91 Å². The highest BCUT2D eigenvalue weighted by atomic mass is 16.5. The molecule has 1 unspecified atom stereocenters. The third-order valence-electron chi connectivity index (χ3n) is 3.22. The maximum absolute atomic E-state index is 12.1. The van der Waals surface area contributed by atoms with Crippen molar-refractivity contribution < 1.29 is 24.3 Å². The van der Waals surface area contributed by atoms with Gasteiger partial charge in [-0.1, -0.05) is 13.0 Å². The summed E-state index contributed by atoms with van der Waals surface area (Å²) in [7, 11) is 3.03. The molecule has 0 aliphatic carbocycles. The number of carbonyl (C=O) groups is 2. The second-order valence-electron chi connectivity index (χ2n) is 4.84. The Bertz CT molecular complexity index is 571. The van der Waals surface area contributed by atoms with Crippen molar-refractivity contribution in [2.75, 3.05) is 14.2 Å². The molecule has 0 aromatic heterocycles. The molecule has 7 heteroatoms. The molecule has 0 saturated carbocycles. The number of rotatable bonds is 8. The number of methoxy groups -OCH3 is 2. The molecule has 1 aromatic rings. The molecule has 0 bridgehead atoms. The van der Waals surface area contributed by atoms with Gasteiger partial charge in [0.15, 0.2) is 5.78 Å². The summed E-state index contributed by atoms with van der Waals surface area (Å²) in [6.45, 7) is 1.54. The van der Waals surface area contributed by atoms with E-state index in [0.717, 1.165) is 0 Å². The fourth-order valence-electron chi connectivity index (χ4n) is 1.99. The highest BCUT2D eigenvalue weighted by Crippen LogP contribution is 2.25. The Morgan fingerprint density at radius 3 is 2.55 bits per heavy atom. The van der Waals surface area contributed by atoms with Crippen LogP contribution in [0.4, 0.5) is 0 Å². The smallest absolute Gasteiger partial charge is 0.244 e. The summed E-state index contributed by atoms with van der Waals surface area (Å²) in [6.07, 6.45) is -0.0749. The predicted molar refractivity (Wildman–Crippen MR) is 79.7 cm³/mol. The second kappa shape index (κ2) is 8.14. The van der Waals surface area contributed by atoms with Crippen molar-refractivity contribution in [2.45, 2.75) is 19.8 Å². The Labute approximate surface area is 128 Å². The molecular weight excluding hydrogens is 288 g/mol. The molecule has 0 aliphatic rings. The summed E-state index contributed by atoms with van der Waals surface area (Å²) < 4.78 is 10.3. The number of amides is 1. The van der Waals surface area contributed by atoms with Crippen molar-refractivity contribution in [3.8, 4) is 11.5 Å². The lowest BCUT2D eigenvalue weighted by molar-refractivity contribution is -0.132. The zero-order chi connectivity index (χ0) is 16.7. The molecule has 0 aliphatic heterocycles. The van der Waals surface area contributed by atoms with Gasteiger partial charge < -0.3 is 14.9 Å². The van der Waals surface area contributed by atoms with E-state index in [1.807, 2.05) is 0 Å². The normalized spacial score (nSPS) is 11.5. The summed E-state index contributed by atoms with van der Waals surface area (Å²) >= 11 is 0. The van der Waals surface area contributed by atoms with Crippen LogP contribution in [0.15, 0.2) is 18.2 Å². The minimum atomic E-state index is -0.677. The van der Waals surface area contributed by atoms with Gasteiger partial charge in [0.05, 0.1) is 19.9 Å². The summed E-state index contributed by atoms with van der Waals surface area (Å²) in [4.78, 5) is 23.1. The molecular formula is C15H20N2O5. The van der Waals surface area contributed by atoms with Crippen LogP contribution in [0.5, 0.6) is 11.5 Å². The minimum absolute atomic E-state index is 0.0943. The van der Waals surface area contributed by atoms with Crippen LogP contribution in [0.25, 0.3) is 0 Å². The third kappa shape index (κ3) is 4.56. The zero-order valence-electron chi connectivity index (χ0n) is 12.8. The average molecular weight is 308 g/mol. The minimum Gasteiger partial charge on any atom is -0.497 e. The number of carbonyl (C=O) groups excluding carboxylic acids is 2. The van der Waals surface area contributed by atoms with Crippen molar-refractivity contribution >= 4 is 17.4 Å². The first-order chi connectivity index (χ1) is 10.4. The molecule has 1 atom stereocenters. The number of nitrogens with one attached hydrogen (secondary N) is 2. The first kappa shape index (κ1) is 17.6. The first-order valence-corrected chi connectivity index (χ1v) is 6.68. The standard InChI is InChI=1S/C15H20N2O5/c1-9(6-14(18)17-20)15(19)12(16)7-10-4-5-11(21-2)8-13(10)22-3/h4-5,8-9,16,20H,6-7H2,1-3H3,(H,17,18). The molecule has 0 saturated heterocycles. The van der Waals surface area contributed by atoms with Crippen LogP contribution in [0.1, 0.15) is 18.9 Å². The topological polar surface area (TPSA) is 109 Å². The molecule has 0 radical (unpaired) electrons. The molecule has 0 fully saturated rings. The van der Waals surface area contributed by atoms with Gasteiger partial charge in [0, 0.05) is 30.4 Å². The Kier molecular flexibility index (Phi) is 6.52. The Morgan fingerprint density at radius 2 is 2.00 bits per heavy atom. The number of ether oxygens (including phenoxy) is 2. The Hall–Kier alpha value is -2.41. The fraction of sp³-hybridized carbons (Fsp3) is 0.400. The molecule has 1 aromatic carbocycles. The van der Waals surface area contributed by atoms with E-state index in [4.69, 9.17) is 20.1 Å². The van der Waals surface area contributed by atoms with Gasteiger partial charge in [-0.15, -0.1) is 0 Å². The number of benzene rings is 1. The predicted octanol–water partition coefficient (Wildman–Crippen LogP) is 1.37. The lowest BCUT2D eigenvalue weighted by atomic mass is 9.94. The first-order valence-electron chi connectivity index (χ1n) is 6.68. The van der Waals surface area contributed by atoms with Crippen molar-refractivity contribution in [3.63, 3.8) is 0 Å². The largest absolute Gasteiger partial charge is 0.497 e. The number of hydroxylamine groups is 1. The van der Waals surface area contributed by atoms with Crippen LogP contribution < -0.4 is 15.0 Å². The van der Waals surface area contributed by atoms with Crippen molar-refractivity contribution in [1.82, 2.24) is 5.48 Å². The van der Waals surface area contributed by atoms with Gasteiger partial charge in [0.25, 0.3) is 0 Å². The van der Waals surface area contributed by atoms with E-state index in [9.17, 15) is 9.59 Å². The van der Waals surface area contributed by atoms with E-state index < -0.39 is 17.6 Å². The van der Waals surface area contributed by atoms with Gasteiger partial charge in [-0.2, -0.15) is 0 Å². The van der Waals surface area contributed by atoms with Crippen molar-refractivity contribution in [3.05, 3.63) is 23.8 Å². The van der Waals surface area contributed by atoms with Crippen LogP contribution in [0.2, 0.25) is 0 Å². The van der Waals surface area contributed by atoms with Crippen LogP contribution in [0.3, 0.4) is 0 Å². The zero-order valence-corrected chi connectivity index (χ0v) is 12.8.